The third-order valence-corrected chi connectivity index (χ3v) is 4.23. The van der Waals surface area contributed by atoms with E-state index in [0.29, 0.717) is 6.42 Å². The maximum atomic E-state index is 12.1. The van der Waals surface area contributed by atoms with Crippen molar-refractivity contribution in [1.82, 2.24) is 0 Å². The second kappa shape index (κ2) is 6.07. The SMILES string of the molecule is COC(=O)[C@H]1[C@H](C(=O)OC)[C@H]2C[C@@H]1C(OC)OC2OC. The quantitative estimate of drug-likeness (QED) is 0.682. The van der Waals surface area contributed by atoms with E-state index in [4.69, 9.17) is 23.7 Å². The first-order valence-corrected chi connectivity index (χ1v) is 6.45. The van der Waals surface area contributed by atoms with Crippen LogP contribution in [0.4, 0.5) is 0 Å². The van der Waals surface area contributed by atoms with Gasteiger partial charge < -0.3 is 23.7 Å². The maximum Gasteiger partial charge on any atom is 0.310 e. The predicted molar refractivity (Wildman–Crippen MR) is 65.3 cm³/mol. The summed E-state index contributed by atoms with van der Waals surface area (Å²) in [6.45, 7) is 0. The first-order valence-electron chi connectivity index (χ1n) is 6.45. The van der Waals surface area contributed by atoms with Crippen molar-refractivity contribution in [3.8, 4) is 0 Å². The van der Waals surface area contributed by atoms with Crippen LogP contribution >= 0.6 is 0 Å². The van der Waals surface area contributed by atoms with Crippen LogP contribution in [0.5, 0.6) is 0 Å². The molecular weight excluding hydrogens is 268 g/mol. The second-order valence-electron chi connectivity index (χ2n) is 5.01. The van der Waals surface area contributed by atoms with Crippen LogP contribution in [0.25, 0.3) is 0 Å². The molecule has 6 atom stereocenters. The summed E-state index contributed by atoms with van der Waals surface area (Å²) in [4.78, 5) is 24.1. The maximum absolute atomic E-state index is 12.1. The zero-order valence-corrected chi connectivity index (χ0v) is 12.0. The molecule has 2 aliphatic rings. The van der Waals surface area contributed by atoms with Gasteiger partial charge in [-0.2, -0.15) is 0 Å². The van der Waals surface area contributed by atoms with Gasteiger partial charge in [0.15, 0.2) is 12.6 Å². The van der Waals surface area contributed by atoms with Gasteiger partial charge in [0.1, 0.15) is 0 Å². The number of carbonyl (C=O) groups is 2. The van der Waals surface area contributed by atoms with Crippen molar-refractivity contribution < 1.29 is 33.3 Å². The number of methoxy groups -OCH3 is 4. The lowest BCUT2D eigenvalue weighted by Crippen LogP contribution is -2.40. The molecule has 2 bridgehead atoms. The predicted octanol–water partition coefficient (Wildman–Crippen LogP) is 0.176. The Morgan fingerprint density at radius 3 is 1.55 bits per heavy atom. The number of ether oxygens (including phenoxy) is 5. The molecule has 0 N–H and O–H groups in total. The molecule has 1 heterocycles. The molecule has 1 saturated carbocycles. The summed E-state index contributed by atoms with van der Waals surface area (Å²) in [6.07, 6.45) is -0.610. The zero-order chi connectivity index (χ0) is 14.9. The summed E-state index contributed by atoms with van der Waals surface area (Å²) in [7, 11) is 5.60. The number of esters is 2. The first kappa shape index (κ1) is 15.2. The van der Waals surface area contributed by atoms with Crippen LogP contribution in [-0.4, -0.2) is 53.0 Å². The molecule has 7 nitrogen and oxygen atoms in total. The van der Waals surface area contributed by atoms with Crippen LogP contribution in [-0.2, 0) is 33.3 Å². The van der Waals surface area contributed by atoms with Crippen molar-refractivity contribution in [2.75, 3.05) is 28.4 Å². The highest BCUT2D eigenvalue weighted by Crippen LogP contribution is 2.51. The number of fused-ring (bicyclic) bond motifs is 2. The fourth-order valence-corrected chi connectivity index (χ4v) is 3.41. The molecule has 2 rings (SSSR count). The van der Waals surface area contributed by atoms with Crippen LogP contribution in [0, 0.1) is 23.7 Å². The Morgan fingerprint density at radius 2 is 1.25 bits per heavy atom. The molecule has 20 heavy (non-hydrogen) atoms. The molecule has 1 saturated heterocycles. The van der Waals surface area contributed by atoms with Crippen LogP contribution in [0.15, 0.2) is 0 Å². The van der Waals surface area contributed by atoms with Crippen molar-refractivity contribution >= 4 is 11.9 Å². The van der Waals surface area contributed by atoms with Gasteiger partial charge >= 0.3 is 11.9 Å². The highest BCUT2D eigenvalue weighted by molar-refractivity contribution is 5.83. The van der Waals surface area contributed by atoms with Gasteiger partial charge in [-0.05, 0) is 6.42 Å². The van der Waals surface area contributed by atoms with Gasteiger partial charge in [-0.1, -0.05) is 0 Å². The highest BCUT2D eigenvalue weighted by Gasteiger charge is 2.60. The van der Waals surface area contributed by atoms with Crippen molar-refractivity contribution in [1.29, 1.82) is 0 Å². The second-order valence-corrected chi connectivity index (χ2v) is 5.01. The molecule has 0 amide bonds. The Bertz CT molecular complexity index is 349. The smallest absolute Gasteiger partial charge is 0.310 e. The minimum atomic E-state index is -0.637. The summed E-state index contributed by atoms with van der Waals surface area (Å²) >= 11 is 0. The van der Waals surface area contributed by atoms with Crippen LogP contribution in [0.2, 0.25) is 0 Å². The Hall–Kier alpha value is -1.18. The average Bonchev–Trinajstić information content (AvgIpc) is 2.81. The summed E-state index contributed by atoms with van der Waals surface area (Å²) in [5.41, 5.74) is 0. The minimum Gasteiger partial charge on any atom is -0.469 e. The fourth-order valence-electron chi connectivity index (χ4n) is 3.41. The number of carbonyl (C=O) groups excluding carboxylic acids is 2. The van der Waals surface area contributed by atoms with Gasteiger partial charge in [0.2, 0.25) is 0 Å². The van der Waals surface area contributed by atoms with E-state index in [1.54, 1.807) is 0 Å². The van der Waals surface area contributed by atoms with E-state index in [2.05, 4.69) is 0 Å². The molecule has 114 valence electrons. The largest absolute Gasteiger partial charge is 0.469 e. The molecule has 0 spiro atoms. The normalized spacial score (nSPS) is 39.4. The zero-order valence-electron chi connectivity index (χ0n) is 12.0. The molecule has 0 aromatic rings. The van der Waals surface area contributed by atoms with E-state index in [0.717, 1.165) is 0 Å². The fraction of sp³-hybridized carbons (Fsp3) is 0.846. The van der Waals surface area contributed by atoms with E-state index < -0.39 is 36.4 Å². The Labute approximate surface area is 117 Å². The highest BCUT2D eigenvalue weighted by atomic mass is 16.8. The van der Waals surface area contributed by atoms with E-state index in [1.165, 1.54) is 28.4 Å². The lowest BCUT2D eigenvalue weighted by atomic mass is 9.87. The molecule has 2 unspecified atom stereocenters. The van der Waals surface area contributed by atoms with Gasteiger partial charge in [0, 0.05) is 26.1 Å². The lowest BCUT2D eigenvalue weighted by Gasteiger charge is -2.34. The molecule has 0 aromatic carbocycles. The van der Waals surface area contributed by atoms with Crippen molar-refractivity contribution in [3.05, 3.63) is 0 Å². The number of hydrogen-bond donors (Lipinski definition) is 0. The van der Waals surface area contributed by atoms with Gasteiger partial charge in [-0.15, -0.1) is 0 Å². The van der Waals surface area contributed by atoms with Crippen molar-refractivity contribution in [2.24, 2.45) is 23.7 Å². The third-order valence-electron chi connectivity index (χ3n) is 4.23. The Balaban J connectivity index is 2.36. The summed E-state index contributed by atoms with van der Waals surface area (Å²) < 4.78 is 25.9. The molecule has 0 radical (unpaired) electrons. The lowest BCUT2D eigenvalue weighted by molar-refractivity contribution is -0.282. The van der Waals surface area contributed by atoms with Gasteiger partial charge in [0.25, 0.3) is 0 Å². The average molecular weight is 288 g/mol. The van der Waals surface area contributed by atoms with Gasteiger partial charge in [-0.25, -0.2) is 0 Å². The van der Waals surface area contributed by atoms with E-state index >= 15 is 0 Å². The van der Waals surface area contributed by atoms with Crippen LogP contribution in [0.1, 0.15) is 6.42 Å². The number of rotatable bonds is 4. The van der Waals surface area contributed by atoms with Gasteiger partial charge in [0.05, 0.1) is 26.1 Å². The third kappa shape index (κ3) is 2.30. The minimum absolute atomic E-state index is 0.243. The first-order chi connectivity index (χ1) is 9.58. The summed E-state index contributed by atoms with van der Waals surface area (Å²) in [5, 5.41) is 0. The Morgan fingerprint density at radius 1 is 0.850 bits per heavy atom. The summed E-state index contributed by atoms with van der Waals surface area (Å²) in [5.74, 6) is -2.66. The van der Waals surface area contributed by atoms with E-state index in [-0.39, 0.29) is 11.8 Å². The molecule has 1 aliphatic heterocycles. The van der Waals surface area contributed by atoms with E-state index in [9.17, 15) is 9.59 Å². The topological polar surface area (TPSA) is 80.3 Å². The number of hydrogen-bond acceptors (Lipinski definition) is 7. The molecular formula is C13H20O7. The van der Waals surface area contributed by atoms with Crippen LogP contribution in [0.3, 0.4) is 0 Å². The van der Waals surface area contributed by atoms with Gasteiger partial charge in [-0.3, -0.25) is 9.59 Å². The molecule has 1 aliphatic carbocycles. The Kier molecular flexibility index (Phi) is 4.62. The van der Waals surface area contributed by atoms with Crippen molar-refractivity contribution in [2.45, 2.75) is 19.0 Å². The molecule has 0 aromatic heterocycles. The van der Waals surface area contributed by atoms with E-state index in [1.807, 2.05) is 0 Å². The van der Waals surface area contributed by atoms with Crippen LogP contribution < -0.4 is 0 Å². The standard InChI is InChI=1S/C13H20O7/c1-16-10(14)8-6-5-7(9(8)11(15)17-2)13(19-4)20-12(6)18-3/h6-9,12-13H,5H2,1-4H3/t6-,7+,8-,9-,12?,13?/m1/s1. The molecule has 7 heteroatoms. The monoisotopic (exact) mass is 288 g/mol. The van der Waals surface area contributed by atoms with Crippen molar-refractivity contribution in [3.63, 3.8) is 0 Å². The molecule has 2 fully saturated rings. The summed E-state index contributed by atoms with van der Waals surface area (Å²) in [6, 6.07) is 0.